The fourth-order valence-electron chi connectivity index (χ4n) is 3.03. The van der Waals surface area contributed by atoms with Crippen molar-refractivity contribution >= 4 is 27.3 Å². The second-order valence-corrected chi connectivity index (χ2v) is 8.71. The van der Waals surface area contributed by atoms with Gasteiger partial charge in [-0.3, -0.25) is 9.52 Å². The number of carbonyl (C=O) groups excluding carboxylic acids is 1. The monoisotopic (exact) mass is 385 g/mol. The zero-order valence-corrected chi connectivity index (χ0v) is 16.4. The first kappa shape index (κ1) is 19.1. The van der Waals surface area contributed by atoms with Crippen molar-refractivity contribution in [2.24, 2.45) is 11.0 Å². The van der Waals surface area contributed by atoms with E-state index in [2.05, 4.69) is 9.82 Å². The Kier molecular flexibility index (Phi) is 5.32. The van der Waals surface area contributed by atoms with Crippen LogP contribution in [-0.2, 0) is 14.8 Å². The van der Waals surface area contributed by atoms with Crippen LogP contribution >= 0.6 is 0 Å². The number of benzene rings is 2. The predicted octanol–water partition coefficient (Wildman–Crippen LogP) is 3.39. The summed E-state index contributed by atoms with van der Waals surface area (Å²) in [6, 6.07) is 16.8. The van der Waals surface area contributed by atoms with Crippen LogP contribution in [0.4, 0.5) is 5.69 Å². The van der Waals surface area contributed by atoms with Crippen LogP contribution in [-0.4, -0.2) is 31.3 Å². The lowest BCUT2D eigenvalue weighted by Crippen LogP contribution is -2.30. The molecule has 0 radical (unpaired) electrons. The van der Waals surface area contributed by atoms with E-state index in [1.807, 2.05) is 56.3 Å². The van der Waals surface area contributed by atoms with Gasteiger partial charge in [0.05, 0.1) is 18.0 Å². The lowest BCUT2D eigenvalue weighted by atomic mass is 9.98. The topological polar surface area (TPSA) is 78.8 Å². The summed E-state index contributed by atoms with van der Waals surface area (Å²) in [5, 5.41) is 6.18. The van der Waals surface area contributed by atoms with E-state index in [-0.39, 0.29) is 17.9 Å². The van der Waals surface area contributed by atoms with Crippen LogP contribution in [0.1, 0.15) is 37.4 Å². The highest BCUT2D eigenvalue weighted by Gasteiger charge is 2.33. The molecule has 1 atom stereocenters. The van der Waals surface area contributed by atoms with E-state index in [9.17, 15) is 13.2 Å². The standard InChI is InChI=1S/C20H23N3O3S/c1-14(2)20(24)23-19(16-7-5-4-6-8-16)13-18(21-23)15-9-11-17(12-10-15)22-27(3,25)26/h4-12,14,19,22H,13H2,1-3H3/t19-/m0/s1. The van der Waals surface area contributed by atoms with Crippen LogP contribution in [0.15, 0.2) is 59.7 Å². The number of rotatable bonds is 5. The third-order valence-corrected chi connectivity index (χ3v) is 4.94. The van der Waals surface area contributed by atoms with Crippen molar-refractivity contribution in [2.45, 2.75) is 26.3 Å². The molecule has 0 saturated heterocycles. The third kappa shape index (κ3) is 4.54. The van der Waals surface area contributed by atoms with Gasteiger partial charge in [0.1, 0.15) is 0 Å². The maximum Gasteiger partial charge on any atom is 0.245 e. The zero-order valence-electron chi connectivity index (χ0n) is 15.6. The number of nitrogens with one attached hydrogen (secondary N) is 1. The molecule has 6 nitrogen and oxygen atoms in total. The Labute approximate surface area is 159 Å². The third-order valence-electron chi connectivity index (χ3n) is 4.34. The Morgan fingerprint density at radius 1 is 1.11 bits per heavy atom. The van der Waals surface area contributed by atoms with Crippen LogP contribution in [0.5, 0.6) is 0 Å². The van der Waals surface area contributed by atoms with Crippen molar-refractivity contribution in [1.82, 2.24) is 5.01 Å². The van der Waals surface area contributed by atoms with E-state index in [0.717, 1.165) is 23.1 Å². The summed E-state index contributed by atoms with van der Waals surface area (Å²) in [7, 11) is -3.32. The fraction of sp³-hybridized carbons (Fsp3) is 0.300. The van der Waals surface area contributed by atoms with Crippen molar-refractivity contribution in [1.29, 1.82) is 0 Å². The van der Waals surface area contributed by atoms with E-state index in [0.29, 0.717) is 12.1 Å². The Morgan fingerprint density at radius 2 is 1.74 bits per heavy atom. The van der Waals surface area contributed by atoms with Gasteiger partial charge in [0.15, 0.2) is 0 Å². The van der Waals surface area contributed by atoms with Gasteiger partial charge in [0, 0.05) is 18.0 Å². The summed E-state index contributed by atoms with van der Waals surface area (Å²) in [6.07, 6.45) is 1.73. The van der Waals surface area contributed by atoms with Crippen LogP contribution in [0.2, 0.25) is 0 Å². The number of hydrogen-bond donors (Lipinski definition) is 1. The van der Waals surface area contributed by atoms with E-state index in [1.54, 1.807) is 17.1 Å². The van der Waals surface area contributed by atoms with Crippen molar-refractivity contribution in [3.8, 4) is 0 Å². The van der Waals surface area contributed by atoms with Crippen LogP contribution in [0, 0.1) is 5.92 Å². The smallest absolute Gasteiger partial charge is 0.245 e. The summed E-state index contributed by atoms with van der Waals surface area (Å²) in [6.45, 7) is 3.73. The molecule has 1 aliphatic rings. The summed E-state index contributed by atoms with van der Waals surface area (Å²) < 4.78 is 25.1. The number of hydrogen-bond acceptors (Lipinski definition) is 4. The van der Waals surface area contributed by atoms with Gasteiger partial charge in [-0.05, 0) is 23.3 Å². The number of anilines is 1. The molecule has 0 fully saturated rings. The molecule has 0 saturated carbocycles. The molecule has 0 bridgehead atoms. The zero-order chi connectivity index (χ0) is 19.6. The minimum absolute atomic E-state index is 0.0192. The van der Waals surface area contributed by atoms with Crippen molar-refractivity contribution in [2.75, 3.05) is 11.0 Å². The summed E-state index contributed by atoms with van der Waals surface area (Å²) >= 11 is 0. The fourth-order valence-corrected chi connectivity index (χ4v) is 3.60. The normalized spacial score (nSPS) is 17.1. The summed E-state index contributed by atoms with van der Waals surface area (Å²) in [4.78, 5) is 12.7. The lowest BCUT2D eigenvalue weighted by molar-refractivity contribution is -0.136. The Hall–Kier alpha value is -2.67. The SMILES string of the molecule is CC(C)C(=O)N1N=C(c2ccc(NS(C)(=O)=O)cc2)C[C@H]1c1ccccc1. The minimum Gasteiger partial charge on any atom is -0.284 e. The molecule has 1 N–H and O–H groups in total. The molecule has 27 heavy (non-hydrogen) atoms. The number of sulfonamides is 1. The number of hydrazone groups is 1. The second-order valence-electron chi connectivity index (χ2n) is 6.97. The van der Waals surface area contributed by atoms with E-state index in [1.165, 1.54) is 0 Å². The van der Waals surface area contributed by atoms with Crippen LogP contribution < -0.4 is 4.72 Å². The molecule has 2 aromatic rings. The van der Waals surface area contributed by atoms with Crippen molar-refractivity contribution < 1.29 is 13.2 Å². The average molecular weight is 385 g/mol. The van der Waals surface area contributed by atoms with Gasteiger partial charge in [0.2, 0.25) is 15.9 Å². The van der Waals surface area contributed by atoms with Crippen LogP contribution in [0.25, 0.3) is 0 Å². The predicted molar refractivity (Wildman–Crippen MR) is 107 cm³/mol. The first-order valence-electron chi connectivity index (χ1n) is 8.78. The van der Waals surface area contributed by atoms with Gasteiger partial charge in [-0.25, -0.2) is 13.4 Å². The largest absolute Gasteiger partial charge is 0.284 e. The molecule has 0 spiro atoms. The molecule has 0 aliphatic carbocycles. The molecular formula is C20H23N3O3S. The average Bonchev–Trinajstić information content (AvgIpc) is 3.06. The van der Waals surface area contributed by atoms with Gasteiger partial charge >= 0.3 is 0 Å². The van der Waals surface area contributed by atoms with Crippen LogP contribution in [0.3, 0.4) is 0 Å². The maximum atomic E-state index is 12.7. The van der Waals surface area contributed by atoms with Crippen molar-refractivity contribution in [3.05, 3.63) is 65.7 Å². The molecular weight excluding hydrogens is 362 g/mol. The molecule has 0 aromatic heterocycles. The Bertz CT molecular complexity index is 952. The van der Waals surface area contributed by atoms with Gasteiger partial charge < -0.3 is 0 Å². The molecule has 0 unspecified atom stereocenters. The van der Waals surface area contributed by atoms with Gasteiger partial charge in [-0.1, -0.05) is 56.3 Å². The first-order chi connectivity index (χ1) is 12.7. The number of nitrogens with zero attached hydrogens (tertiary/aromatic N) is 2. The van der Waals surface area contributed by atoms with Gasteiger partial charge in [-0.15, -0.1) is 0 Å². The number of carbonyl (C=O) groups is 1. The van der Waals surface area contributed by atoms with Crippen molar-refractivity contribution in [3.63, 3.8) is 0 Å². The minimum atomic E-state index is -3.32. The number of amides is 1. The molecule has 2 aromatic carbocycles. The van der Waals surface area contributed by atoms with E-state index in [4.69, 9.17) is 0 Å². The van der Waals surface area contributed by atoms with E-state index >= 15 is 0 Å². The van der Waals surface area contributed by atoms with E-state index < -0.39 is 10.0 Å². The Morgan fingerprint density at radius 3 is 2.30 bits per heavy atom. The highest BCUT2D eigenvalue weighted by molar-refractivity contribution is 7.92. The second kappa shape index (κ2) is 7.52. The quantitative estimate of drug-likeness (QED) is 0.857. The molecule has 1 heterocycles. The molecule has 3 rings (SSSR count). The lowest BCUT2D eigenvalue weighted by Gasteiger charge is -2.23. The summed E-state index contributed by atoms with van der Waals surface area (Å²) in [5.41, 5.74) is 3.22. The molecule has 1 aliphatic heterocycles. The maximum absolute atomic E-state index is 12.7. The molecule has 142 valence electrons. The van der Waals surface area contributed by atoms with Gasteiger partial charge in [-0.2, -0.15) is 5.10 Å². The highest BCUT2D eigenvalue weighted by Crippen LogP contribution is 2.33. The Balaban J connectivity index is 1.89. The first-order valence-corrected chi connectivity index (χ1v) is 10.7. The summed E-state index contributed by atoms with van der Waals surface area (Å²) in [5.74, 6) is -0.171. The van der Waals surface area contributed by atoms with Gasteiger partial charge in [0.25, 0.3) is 0 Å². The molecule has 1 amide bonds. The highest BCUT2D eigenvalue weighted by atomic mass is 32.2. The molecule has 7 heteroatoms.